The first-order chi connectivity index (χ1) is 9.69. The van der Waals surface area contributed by atoms with Gasteiger partial charge in [-0.05, 0) is 25.7 Å². The highest BCUT2D eigenvalue weighted by Crippen LogP contribution is 2.10. The average Bonchev–Trinajstić information content (AvgIpc) is 2.79. The van der Waals surface area contributed by atoms with Gasteiger partial charge < -0.3 is 20.0 Å². The number of hydrogen-bond donors (Lipinski definition) is 2. The molecular weight excluding hydrogens is 260 g/mol. The fraction of sp³-hybridized carbons (Fsp3) is 0.857. The lowest BCUT2D eigenvalue weighted by molar-refractivity contribution is -0.135. The minimum atomic E-state index is -0.112. The number of rotatable bonds is 2. The minimum Gasteiger partial charge on any atom is -0.376 e. The summed E-state index contributed by atoms with van der Waals surface area (Å²) in [7, 11) is 0. The van der Waals surface area contributed by atoms with E-state index in [4.69, 9.17) is 10.2 Å². The van der Waals surface area contributed by atoms with Crippen LogP contribution in [0.5, 0.6) is 0 Å². The molecule has 2 heterocycles. The molecule has 6 nitrogen and oxygen atoms in total. The SMILES string of the molecule is O=C1CCCCCN1CO.O=C1CCCCCN1CO. The third kappa shape index (κ3) is 5.88. The van der Waals surface area contributed by atoms with Crippen LogP contribution in [0, 0.1) is 0 Å². The lowest BCUT2D eigenvalue weighted by Gasteiger charge is -2.15. The van der Waals surface area contributed by atoms with Gasteiger partial charge in [-0.25, -0.2) is 0 Å². The molecule has 0 saturated carbocycles. The van der Waals surface area contributed by atoms with Gasteiger partial charge in [-0.15, -0.1) is 0 Å². The Morgan fingerprint density at radius 1 is 0.700 bits per heavy atom. The molecule has 0 unspecified atom stereocenters. The maximum atomic E-state index is 11.0. The average molecular weight is 286 g/mol. The Bertz CT molecular complexity index is 280. The van der Waals surface area contributed by atoms with Gasteiger partial charge in [0.05, 0.1) is 0 Å². The second-order valence-electron chi connectivity index (χ2n) is 5.22. The molecule has 2 amide bonds. The molecule has 2 N–H and O–H groups in total. The summed E-state index contributed by atoms with van der Waals surface area (Å²) < 4.78 is 0. The molecular formula is C14H26N2O4. The standard InChI is InChI=1S/2C7H13NO2/c2*9-6-8-5-3-1-2-4-7(8)10/h2*9H,1-6H2. The fourth-order valence-electron chi connectivity index (χ4n) is 2.38. The second-order valence-corrected chi connectivity index (χ2v) is 5.22. The Balaban J connectivity index is 0.000000200. The molecule has 2 aliphatic rings. The van der Waals surface area contributed by atoms with E-state index >= 15 is 0 Å². The van der Waals surface area contributed by atoms with Crippen molar-refractivity contribution in [1.29, 1.82) is 0 Å². The molecule has 20 heavy (non-hydrogen) atoms. The predicted octanol–water partition coefficient (Wildman–Crippen LogP) is 0.678. The summed E-state index contributed by atoms with van der Waals surface area (Å²) in [5.74, 6) is 0.194. The molecule has 6 heteroatoms. The zero-order chi connectivity index (χ0) is 14.8. The first-order valence-corrected chi connectivity index (χ1v) is 7.46. The number of likely N-dealkylation sites (tertiary alicyclic amines) is 2. The molecule has 0 aliphatic carbocycles. The van der Waals surface area contributed by atoms with E-state index in [-0.39, 0.29) is 25.3 Å². The van der Waals surface area contributed by atoms with Gasteiger partial charge in [0.2, 0.25) is 11.8 Å². The number of hydrogen-bond acceptors (Lipinski definition) is 4. The van der Waals surface area contributed by atoms with Crippen molar-refractivity contribution in [2.45, 2.75) is 51.4 Å². The molecule has 0 bridgehead atoms. The van der Waals surface area contributed by atoms with Crippen LogP contribution in [0.1, 0.15) is 51.4 Å². The predicted molar refractivity (Wildman–Crippen MR) is 74.5 cm³/mol. The fourth-order valence-corrected chi connectivity index (χ4v) is 2.38. The van der Waals surface area contributed by atoms with E-state index in [1.165, 1.54) is 9.80 Å². The van der Waals surface area contributed by atoms with Crippen LogP contribution in [0.2, 0.25) is 0 Å². The second kappa shape index (κ2) is 9.72. The number of nitrogens with zero attached hydrogens (tertiary/aromatic N) is 2. The first kappa shape index (κ1) is 16.9. The van der Waals surface area contributed by atoms with E-state index in [2.05, 4.69) is 0 Å². The summed E-state index contributed by atoms with van der Waals surface area (Å²) >= 11 is 0. The smallest absolute Gasteiger partial charge is 0.224 e. The molecule has 2 rings (SSSR count). The highest BCUT2D eigenvalue weighted by molar-refractivity contribution is 5.76. The number of aliphatic hydroxyl groups is 2. The molecule has 0 aromatic heterocycles. The molecule has 116 valence electrons. The van der Waals surface area contributed by atoms with E-state index in [0.29, 0.717) is 12.8 Å². The van der Waals surface area contributed by atoms with Gasteiger partial charge in [0.15, 0.2) is 0 Å². The topological polar surface area (TPSA) is 81.1 Å². The zero-order valence-corrected chi connectivity index (χ0v) is 12.1. The van der Waals surface area contributed by atoms with Crippen molar-refractivity contribution in [3.8, 4) is 0 Å². The quantitative estimate of drug-likeness (QED) is 0.782. The molecule has 2 saturated heterocycles. The van der Waals surface area contributed by atoms with Crippen LogP contribution in [0.3, 0.4) is 0 Å². The van der Waals surface area contributed by atoms with E-state index in [0.717, 1.165) is 51.6 Å². The third-order valence-electron chi connectivity index (χ3n) is 3.68. The van der Waals surface area contributed by atoms with Gasteiger partial charge in [-0.2, -0.15) is 0 Å². The summed E-state index contributed by atoms with van der Waals surface area (Å²) in [5.41, 5.74) is 0. The van der Waals surface area contributed by atoms with Crippen molar-refractivity contribution in [2.24, 2.45) is 0 Å². The van der Waals surface area contributed by atoms with E-state index < -0.39 is 0 Å². The molecule has 0 spiro atoms. The number of carbonyl (C=O) groups excluding carboxylic acids is 2. The summed E-state index contributed by atoms with van der Waals surface area (Å²) in [5, 5.41) is 17.4. The third-order valence-corrected chi connectivity index (χ3v) is 3.68. The first-order valence-electron chi connectivity index (χ1n) is 7.46. The Morgan fingerprint density at radius 2 is 1.10 bits per heavy atom. The van der Waals surface area contributed by atoms with Crippen LogP contribution in [0.25, 0.3) is 0 Å². The van der Waals surface area contributed by atoms with Crippen molar-refractivity contribution in [2.75, 3.05) is 26.6 Å². The molecule has 0 aromatic rings. The Morgan fingerprint density at radius 3 is 1.45 bits per heavy atom. The highest BCUT2D eigenvalue weighted by Gasteiger charge is 2.15. The number of amides is 2. The van der Waals surface area contributed by atoms with Gasteiger partial charge in [0, 0.05) is 25.9 Å². The van der Waals surface area contributed by atoms with Crippen LogP contribution in [0.4, 0.5) is 0 Å². The zero-order valence-electron chi connectivity index (χ0n) is 12.1. The van der Waals surface area contributed by atoms with Crippen LogP contribution in [-0.4, -0.2) is 58.4 Å². The van der Waals surface area contributed by atoms with Crippen molar-refractivity contribution in [3.05, 3.63) is 0 Å². The molecule has 0 aromatic carbocycles. The van der Waals surface area contributed by atoms with Crippen molar-refractivity contribution in [3.63, 3.8) is 0 Å². The van der Waals surface area contributed by atoms with Gasteiger partial charge in [0.25, 0.3) is 0 Å². The van der Waals surface area contributed by atoms with E-state index in [9.17, 15) is 9.59 Å². The Hall–Kier alpha value is -1.14. The van der Waals surface area contributed by atoms with Crippen LogP contribution < -0.4 is 0 Å². The summed E-state index contributed by atoms with van der Waals surface area (Å²) in [6.45, 7) is 1.24. The normalized spacial score (nSPS) is 20.9. The number of aliphatic hydroxyl groups excluding tert-OH is 2. The Kier molecular flexibility index (Phi) is 8.22. The summed E-state index contributed by atoms with van der Waals surface area (Å²) in [4.78, 5) is 25.0. The minimum absolute atomic E-state index is 0.0972. The molecule has 2 aliphatic heterocycles. The van der Waals surface area contributed by atoms with Gasteiger partial charge in [-0.3, -0.25) is 9.59 Å². The monoisotopic (exact) mass is 286 g/mol. The largest absolute Gasteiger partial charge is 0.376 e. The van der Waals surface area contributed by atoms with Gasteiger partial charge in [-0.1, -0.05) is 12.8 Å². The van der Waals surface area contributed by atoms with Crippen molar-refractivity contribution in [1.82, 2.24) is 9.80 Å². The van der Waals surface area contributed by atoms with Crippen molar-refractivity contribution < 1.29 is 19.8 Å². The van der Waals surface area contributed by atoms with Crippen LogP contribution in [0.15, 0.2) is 0 Å². The molecule has 0 radical (unpaired) electrons. The summed E-state index contributed by atoms with van der Waals surface area (Å²) in [6.07, 6.45) is 7.48. The van der Waals surface area contributed by atoms with Gasteiger partial charge >= 0.3 is 0 Å². The lowest BCUT2D eigenvalue weighted by Crippen LogP contribution is -2.30. The Labute approximate surface area is 120 Å². The van der Waals surface area contributed by atoms with Crippen LogP contribution >= 0.6 is 0 Å². The van der Waals surface area contributed by atoms with Gasteiger partial charge in [0.1, 0.15) is 13.5 Å². The molecule has 2 fully saturated rings. The maximum Gasteiger partial charge on any atom is 0.224 e. The highest BCUT2D eigenvalue weighted by atomic mass is 16.3. The van der Waals surface area contributed by atoms with E-state index in [1.54, 1.807) is 0 Å². The van der Waals surface area contributed by atoms with Crippen molar-refractivity contribution >= 4 is 11.8 Å². The summed E-state index contributed by atoms with van der Waals surface area (Å²) in [6, 6.07) is 0. The van der Waals surface area contributed by atoms with E-state index in [1.807, 2.05) is 0 Å². The maximum absolute atomic E-state index is 11.0. The van der Waals surface area contributed by atoms with Crippen LogP contribution in [-0.2, 0) is 9.59 Å². The lowest BCUT2D eigenvalue weighted by atomic mass is 10.2. The number of carbonyl (C=O) groups is 2. The molecule has 0 atom stereocenters.